The van der Waals surface area contributed by atoms with E-state index in [1.807, 2.05) is 6.07 Å². The van der Waals surface area contributed by atoms with Crippen molar-refractivity contribution < 1.29 is 14.3 Å². The van der Waals surface area contributed by atoms with E-state index in [0.29, 0.717) is 29.5 Å². The minimum absolute atomic E-state index is 0.128. The van der Waals surface area contributed by atoms with Gasteiger partial charge in [0.15, 0.2) is 0 Å². The maximum atomic E-state index is 12.5. The van der Waals surface area contributed by atoms with Crippen LogP contribution in [0, 0.1) is 5.92 Å². The molecule has 0 saturated carbocycles. The van der Waals surface area contributed by atoms with Gasteiger partial charge in [0.05, 0.1) is 14.2 Å². The molecule has 0 bridgehead atoms. The van der Waals surface area contributed by atoms with Crippen molar-refractivity contribution in [3.8, 4) is 11.5 Å². The summed E-state index contributed by atoms with van der Waals surface area (Å²) in [6.45, 7) is 2.39. The molecule has 3 rings (SSSR count). The average molecular weight is 391 g/mol. The zero-order valence-corrected chi connectivity index (χ0v) is 16.2. The molecule has 0 atom stereocenters. The lowest BCUT2D eigenvalue weighted by Gasteiger charge is -2.32. The number of amides is 1. The van der Waals surface area contributed by atoms with Crippen molar-refractivity contribution in [2.45, 2.75) is 12.8 Å². The van der Waals surface area contributed by atoms with Gasteiger partial charge in [-0.05, 0) is 48.6 Å². The molecule has 0 spiro atoms. The Hall–Kier alpha value is -2.54. The molecule has 1 saturated heterocycles. The SMILES string of the molecule is COc1cc(OC)cc(C(=O)NCC2CCN(c3ccnc(Cl)n3)CC2)c1. The number of methoxy groups -OCH3 is 2. The third-order valence-electron chi connectivity index (χ3n) is 4.71. The van der Waals surface area contributed by atoms with Crippen molar-refractivity contribution in [3.05, 3.63) is 41.3 Å². The fourth-order valence-corrected chi connectivity index (χ4v) is 3.29. The van der Waals surface area contributed by atoms with Gasteiger partial charge in [0.2, 0.25) is 5.28 Å². The molecule has 2 heterocycles. The van der Waals surface area contributed by atoms with Crippen LogP contribution in [0.2, 0.25) is 5.28 Å². The lowest BCUT2D eigenvalue weighted by Crippen LogP contribution is -2.39. The summed E-state index contributed by atoms with van der Waals surface area (Å²) in [6.07, 6.45) is 3.62. The number of nitrogens with zero attached hydrogens (tertiary/aromatic N) is 3. The van der Waals surface area contributed by atoms with E-state index in [0.717, 1.165) is 31.7 Å². The fourth-order valence-electron chi connectivity index (χ4n) is 3.15. The first kappa shape index (κ1) is 19.2. The second kappa shape index (κ2) is 8.90. The quantitative estimate of drug-likeness (QED) is 0.764. The molecule has 0 unspecified atom stereocenters. The topological polar surface area (TPSA) is 76.6 Å². The van der Waals surface area contributed by atoms with Crippen LogP contribution in [-0.2, 0) is 0 Å². The number of piperidine rings is 1. The number of nitrogens with one attached hydrogen (secondary N) is 1. The molecule has 0 radical (unpaired) electrons. The van der Waals surface area contributed by atoms with Crippen LogP contribution in [-0.4, -0.2) is 49.7 Å². The molecule has 7 nitrogen and oxygen atoms in total. The molecule has 0 aliphatic carbocycles. The maximum absolute atomic E-state index is 12.5. The highest BCUT2D eigenvalue weighted by Gasteiger charge is 2.21. The number of carbonyl (C=O) groups is 1. The van der Waals surface area contributed by atoms with Crippen molar-refractivity contribution in [2.75, 3.05) is 38.8 Å². The molecular weight excluding hydrogens is 368 g/mol. The lowest BCUT2D eigenvalue weighted by atomic mass is 9.96. The zero-order valence-electron chi connectivity index (χ0n) is 15.4. The second-order valence-corrected chi connectivity index (χ2v) is 6.76. The van der Waals surface area contributed by atoms with Gasteiger partial charge in [0.25, 0.3) is 5.91 Å². The fraction of sp³-hybridized carbons (Fsp3) is 0.421. The molecule has 27 heavy (non-hydrogen) atoms. The van der Waals surface area contributed by atoms with Gasteiger partial charge >= 0.3 is 0 Å². The molecule has 1 aromatic carbocycles. The van der Waals surface area contributed by atoms with Crippen molar-refractivity contribution in [2.24, 2.45) is 5.92 Å². The van der Waals surface area contributed by atoms with Crippen LogP contribution in [0.4, 0.5) is 5.82 Å². The van der Waals surface area contributed by atoms with Gasteiger partial charge < -0.3 is 19.7 Å². The van der Waals surface area contributed by atoms with Gasteiger partial charge in [-0.25, -0.2) is 9.97 Å². The largest absolute Gasteiger partial charge is 0.497 e. The molecule has 1 aliphatic rings. The van der Waals surface area contributed by atoms with Crippen LogP contribution in [0.5, 0.6) is 11.5 Å². The first-order valence-electron chi connectivity index (χ1n) is 8.84. The van der Waals surface area contributed by atoms with Crippen LogP contribution < -0.4 is 19.7 Å². The maximum Gasteiger partial charge on any atom is 0.251 e. The van der Waals surface area contributed by atoms with Crippen molar-refractivity contribution in [1.29, 1.82) is 0 Å². The smallest absolute Gasteiger partial charge is 0.251 e. The summed E-state index contributed by atoms with van der Waals surface area (Å²) < 4.78 is 10.4. The van der Waals surface area contributed by atoms with E-state index in [1.165, 1.54) is 0 Å². The average Bonchev–Trinajstić information content (AvgIpc) is 2.72. The van der Waals surface area contributed by atoms with Gasteiger partial charge in [0.1, 0.15) is 17.3 Å². The Morgan fingerprint density at radius 1 is 1.22 bits per heavy atom. The van der Waals surface area contributed by atoms with E-state index in [4.69, 9.17) is 21.1 Å². The molecule has 144 valence electrons. The van der Waals surface area contributed by atoms with E-state index in [-0.39, 0.29) is 11.2 Å². The number of ether oxygens (including phenoxy) is 2. The summed E-state index contributed by atoms with van der Waals surface area (Å²) in [5.41, 5.74) is 0.527. The Balaban J connectivity index is 1.52. The van der Waals surface area contributed by atoms with E-state index < -0.39 is 0 Å². The van der Waals surface area contributed by atoms with Crippen LogP contribution >= 0.6 is 11.6 Å². The highest BCUT2D eigenvalue weighted by atomic mass is 35.5. The number of aromatic nitrogens is 2. The number of carbonyl (C=O) groups excluding carboxylic acids is 1. The van der Waals surface area contributed by atoms with Crippen molar-refractivity contribution >= 4 is 23.3 Å². The Morgan fingerprint density at radius 2 is 1.89 bits per heavy atom. The zero-order chi connectivity index (χ0) is 19.2. The summed E-state index contributed by atoms with van der Waals surface area (Å²) >= 11 is 5.86. The summed E-state index contributed by atoms with van der Waals surface area (Å²) in [7, 11) is 3.13. The van der Waals surface area contributed by atoms with Crippen LogP contribution in [0.1, 0.15) is 23.2 Å². The Morgan fingerprint density at radius 3 is 2.48 bits per heavy atom. The van der Waals surface area contributed by atoms with Crippen LogP contribution in [0.3, 0.4) is 0 Å². The Bertz CT molecular complexity index is 772. The highest BCUT2D eigenvalue weighted by Crippen LogP contribution is 2.24. The van der Waals surface area contributed by atoms with Gasteiger partial charge in [-0.1, -0.05) is 0 Å². The first-order valence-corrected chi connectivity index (χ1v) is 9.21. The monoisotopic (exact) mass is 390 g/mol. The molecule has 2 aromatic rings. The van der Waals surface area contributed by atoms with Gasteiger partial charge in [-0.2, -0.15) is 0 Å². The molecule has 8 heteroatoms. The number of rotatable bonds is 6. The Labute approximate surface area is 163 Å². The minimum atomic E-state index is -0.128. The third-order valence-corrected chi connectivity index (χ3v) is 4.90. The Kier molecular flexibility index (Phi) is 6.34. The standard InChI is InChI=1S/C19H23ClN4O3/c1-26-15-9-14(10-16(11-15)27-2)18(25)22-12-13-4-7-24(8-5-13)17-3-6-21-19(20)23-17/h3,6,9-11,13H,4-5,7-8,12H2,1-2H3,(H,22,25). The van der Waals surface area contributed by atoms with Crippen LogP contribution in [0.15, 0.2) is 30.5 Å². The van der Waals surface area contributed by atoms with Gasteiger partial charge in [-0.3, -0.25) is 4.79 Å². The number of hydrogen-bond donors (Lipinski definition) is 1. The normalized spacial score (nSPS) is 14.7. The first-order chi connectivity index (χ1) is 13.1. The van der Waals surface area contributed by atoms with Crippen LogP contribution in [0.25, 0.3) is 0 Å². The molecular formula is C19H23ClN4O3. The second-order valence-electron chi connectivity index (χ2n) is 6.43. The molecule has 1 N–H and O–H groups in total. The van der Waals surface area contributed by atoms with Gasteiger partial charge in [0, 0.05) is 37.5 Å². The number of hydrogen-bond acceptors (Lipinski definition) is 6. The predicted molar refractivity (Wildman–Crippen MR) is 104 cm³/mol. The predicted octanol–water partition coefficient (Wildman–Crippen LogP) is 2.79. The molecule has 1 aromatic heterocycles. The van der Waals surface area contributed by atoms with E-state index in [2.05, 4.69) is 20.2 Å². The number of anilines is 1. The number of benzene rings is 1. The van der Waals surface area contributed by atoms with Crippen molar-refractivity contribution in [3.63, 3.8) is 0 Å². The van der Waals surface area contributed by atoms with E-state index in [9.17, 15) is 4.79 Å². The number of halogens is 1. The van der Waals surface area contributed by atoms with E-state index in [1.54, 1.807) is 38.6 Å². The molecule has 1 fully saturated rings. The summed E-state index contributed by atoms with van der Waals surface area (Å²) in [4.78, 5) is 22.8. The van der Waals surface area contributed by atoms with Gasteiger partial charge in [-0.15, -0.1) is 0 Å². The third kappa shape index (κ3) is 5.01. The summed E-state index contributed by atoms with van der Waals surface area (Å²) in [5, 5.41) is 3.28. The summed E-state index contributed by atoms with van der Waals surface area (Å²) in [5.74, 6) is 2.33. The molecule has 1 aliphatic heterocycles. The minimum Gasteiger partial charge on any atom is -0.497 e. The van der Waals surface area contributed by atoms with E-state index >= 15 is 0 Å². The highest BCUT2D eigenvalue weighted by molar-refractivity contribution is 6.28. The summed E-state index contributed by atoms with van der Waals surface area (Å²) in [6, 6.07) is 7.02. The molecule has 1 amide bonds. The van der Waals surface area contributed by atoms with Crippen molar-refractivity contribution in [1.82, 2.24) is 15.3 Å². The lowest BCUT2D eigenvalue weighted by molar-refractivity contribution is 0.0944.